The fourth-order valence-corrected chi connectivity index (χ4v) is 4.16. The van der Waals surface area contributed by atoms with Gasteiger partial charge in [0.25, 0.3) is 0 Å². The number of ketones is 1. The largest absolute Gasteiger partial charge is 0.294 e. The molecule has 30 heavy (non-hydrogen) atoms. The van der Waals surface area contributed by atoms with E-state index in [0.29, 0.717) is 15.5 Å². The number of rotatable bonds is 6. The standard InChI is InChI=1S/C22H19ClN4O2S/c1-13-3-8-17(14(2)11-13)18-12-30-22-25-21(26-27(18)22)24-20(29)10-9-19(28)15-4-6-16(23)7-5-15/h3-8,11-12H,9-10H2,1-2H3,(H,24,26,29). The molecule has 0 aliphatic carbocycles. The summed E-state index contributed by atoms with van der Waals surface area (Å²) in [6, 6.07) is 12.9. The van der Waals surface area contributed by atoms with Crippen molar-refractivity contribution in [1.82, 2.24) is 14.6 Å². The van der Waals surface area contributed by atoms with E-state index in [-0.39, 0.29) is 30.5 Å². The molecule has 152 valence electrons. The minimum absolute atomic E-state index is 0.0538. The third-order valence-electron chi connectivity index (χ3n) is 4.74. The number of amides is 1. The van der Waals surface area contributed by atoms with E-state index in [1.165, 1.54) is 16.9 Å². The zero-order valence-electron chi connectivity index (χ0n) is 16.5. The Balaban J connectivity index is 1.44. The van der Waals surface area contributed by atoms with Gasteiger partial charge in [-0.1, -0.05) is 35.4 Å². The van der Waals surface area contributed by atoms with Crippen molar-refractivity contribution < 1.29 is 9.59 Å². The molecule has 0 saturated heterocycles. The maximum Gasteiger partial charge on any atom is 0.250 e. The van der Waals surface area contributed by atoms with Crippen molar-refractivity contribution in [3.05, 3.63) is 69.6 Å². The van der Waals surface area contributed by atoms with Crippen molar-refractivity contribution in [3.63, 3.8) is 0 Å². The van der Waals surface area contributed by atoms with Gasteiger partial charge in [0.05, 0.1) is 5.69 Å². The summed E-state index contributed by atoms with van der Waals surface area (Å²) in [5.74, 6) is -0.182. The van der Waals surface area contributed by atoms with Gasteiger partial charge in [0.15, 0.2) is 5.78 Å². The molecule has 0 aliphatic heterocycles. The Kier molecular flexibility index (Phi) is 5.65. The Bertz CT molecular complexity index is 1240. The van der Waals surface area contributed by atoms with Gasteiger partial charge in [0.1, 0.15) is 0 Å². The Morgan fingerprint density at radius 2 is 1.87 bits per heavy atom. The molecule has 4 rings (SSSR count). The van der Waals surface area contributed by atoms with E-state index in [1.54, 1.807) is 28.8 Å². The Morgan fingerprint density at radius 3 is 2.60 bits per heavy atom. The zero-order chi connectivity index (χ0) is 21.3. The molecule has 0 radical (unpaired) electrons. The average Bonchev–Trinajstić information content (AvgIpc) is 3.27. The Labute approximate surface area is 182 Å². The third kappa shape index (κ3) is 4.27. The van der Waals surface area contributed by atoms with E-state index >= 15 is 0 Å². The summed E-state index contributed by atoms with van der Waals surface area (Å²) in [5, 5.41) is 9.69. The summed E-state index contributed by atoms with van der Waals surface area (Å²) in [7, 11) is 0. The SMILES string of the molecule is Cc1ccc(-c2csc3nc(NC(=O)CCC(=O)c4ccc(Cl)cc4)nn23)c(C)c1. The second-order valence-electron chi connectivity index (χ2n) is 7.05. The van der Waals surface area contributed by atoms with Crippen molar-refractivity contribution in [3.8, 4) is 11.3 Å². The number of benzene rings is 2. The molecule has 8 heteroatoms. The number of aryl methyl sites for hydroxylation is 2. The van der Waals surface area contributed by atoms with E-state index in [9.17, 15) is 9.59 Å². The first kappa shape index (κ1) is 20.3. The van der Waals surface area contributed by atoms with Gasteiger partial charge in [0, 0.05) is 34.4 Å². The molecule has 2 aromatic carbocycles. The third-order valence-corrected chi connectivity index (χ3v) is 5.80. The molecule has 1 amide bonds. The van der Waals surface area contributed by atoms with Crippen molar-refractivity contribution >= 4 is 45.5 Å². The van der Waals surface area contributed by atoms with Crippen molar-refractivity contribution in [2.75, 3.05) is 5.32 Å². The van der Waals surface area contributed by atoms with E-state index in [2.05, 4.69) is 47.4 Å². The molecule has 2 heterocycles. The Hall–Kier alpha value is -3.03. The summed E-state index contributed by atoms with van der Waals surface area (Å²) in [4.78, 5) is 29.6. The van der Waals surface area contributed by atoms with Crippen LogP contribution in [0.1, 0.15) is 34.3 Å². The summed E-state index contributed by atoms with van der Waals surface area (Å²) in [6.07, 6.45) is 0.155. The predicted octanol–water partition coefficient (Wildman–Crippen LogP) is 5.33. The summed E-state index contributed by atoms with van der Waals surface area (Å²) in [6.45, 7) is 4.11. The molecule has 1 N–H and O–H groups in total. The average molecular weight is 439 g/mol. The molecule has 0 spiro atoms. The quantitative estimate of drug-likeness (QED) is 0.413. The van der Waals surface area contributed by atoms with Gasteiger partial charge in [-0.05, 0) is 43.7 Å². The van der Waals surface area contributed by atoms with Crippen LogP contribution in [0.2, 0.25) is 5.02 Å². The second kappa shape index (κ2) is 8.38. The molecule has 4 aromatic rings. The van der Waals surface area contributed by atoms with Crippen molar-refractivity contribution in [1.29, 1.82) is 0 Å². The highest BCUT2D eigenvalue weighted by molar-refractivity contribution is 7.15. The number of carbonyl (C=O) groups is 2. The maximum absolute atomic E-state index is 12.3. The smallest absolute Gasteiger partial charge is 0.250 e. The number of fused-ring (bicyclic) bond motifs is 1. The van der Waals surface area contributed by atoms with E-state index in [4.69, 9.17) is 11.6 Å². The van der Waals surface area contributed by atoms with Crippen LogP contribution in [-0.2, 0) is 4.79 Å². The molecular formula is C22H19ClN4O2S. The number of carbonyl (C=O) groups excluding carboxylic acids is 2. The summed E-state index contributed by atoms with van der Waals surface area (Å²) < 4.78 is 1.73. The first-order chi connectivity index (χ1) is 14.4. The number of aromatic nitrogens is 3. The lowest BCUT2D eigenvalue weighted by Gasteiger charge is -2.05. The molecule has 0 atom stereocenters. The molecule has 0 fully saturated rings. The fraction of sp³-hybridized carbons (Fsp3) is 0.182. The van der Waals surface area contributed by atoms with Crippen LogP contribution in [0.3, 0.4) is 0 Å². The van der Waals surface area contributed by atoms with Gasteiger partial charge >= 0.3 is 0 Å². The Morgan fingerprint density at radius 1 is 1.10 bits per heavy atom. The lowest BCUT2D eigenvalue weighted by molar-refractivity contribution is -0.116. The van der Waals surface area contributed by atoms with Gasteiger partial charge in [-0.25, -0.2) is 4.52 Å². The topological polar surface area (TPSA) is 76.4 Å². The van der Waals surface area contributed by atoms with Gasteiger partial charge < -0.3 is 0 Å². The van der Waals surface area contributed by atoms with Crippen LogP contribution in [0.25, 0.3) is 16.2 Å². The highest BCUT2D eigenvalue weighted by Crippen LogP contribution is 2.29. The normalized spacial score (nSPS) is 11.0. The number of hydrogen-bond acceptors (Lipinski definition) is 5. The van der Waals surface area contributed by atoms with Crippen LogP contribution in [0, 0.1) is 13.8 Å². The molecule has 0 bridgehead atoms. The van der Waals surface area contributed by atoms with Crippen LogP contribution in [0.15, 0.2) is 47.8 Å². The highest BCUT2D eigenvalue weighted by atomic mass is 35.5. The van der Waals surface area contributed by atoms with Gasteiger partial charge in [-0.3, -0.25) is 14.9 Å². The maximum atomic E-state index is 12.3. The summed E-state index contributed by atoms with van der Waals surface area (Å²) in [5.41, 5.74) is 4.88. The number of nitrogens with one attached hydrogen (secondary N) is 1. The minimum atomic E-state index is -0.302. The summed E-state index contributed by atoms with van der Waals surface area (Å²) >= 11 is 7.29. The molecular weight excluding hydrogens is 420 g/mol. The number of nitrogens with zero attached hydrogens (tertiary/aromatic N) is 3. The van der Waals surface area contributed by atoms with Crippen LogP contribution in [-0.4, -0.2) is 26.3 Å². The lowest BCUT2D eigenvalue weighted by atomic mass is 10.0. The van der Waals surface area contributed by atoms with E-state index in [0.717, 1.165) is 16.8 Å². The number of anilines is 1. The van der Waals surface area contributed by atoms with E-state index in [1.807, 2.05) is 5.38 Å². The zero-order valence-corrected chi connectivity index (χ0v) is 18.0. The number of halogens is 1. The van der Waals surface area contributed by atoms with E-state index < -0.39 is 0 Å². The molecule has 0 unspecified atom stereocenters. The molecule has 0 aliphatic rings. The van der Waals surface area contributed by atoms with Gasteiger partial charge in [-0.2, -0.15) is 4.98 Å². The highest BCUT2D eigenvalue weighted by Gasteiger charge is 2.15. The monoisotopic (exact) mass is 438 g/mol. The minimum Gasteiger partial charge on any atom is -0.294 e. The van der Waals surface area contributed by atoms with Crippen molar-refractivity contribution in [2.24, 2.45) is 0 Å². The van der Waals surface area contributed by atoms with Crippen LogP contribution < -0.4 is 5.32 Å². The second-order valence-corrected chi connectivity index (χ2v) is 8.32. The lowest BCUT2D eigenvalue weighted by Crippen LogP contribution is -2.14. The van der Waals surface area contributed by atoms with Gasteiger partial charge in [-0.15, -0.1) is 16.4 Å². The fourth-order valence-electron chi connectivity index (χ4n) is 3.22. The van der Waals surface area contributed by atoms with Gasteiger partial charge in [0.2, 0.25) is 16.8 Å². The molecule has 6 nitrogen and oxygen atoms in total. The van der Waals surface area contributed by atoms with Crippen LogP contribution >= 0.6 is 22.9 Å². The van der Waals surface area contributed by atoms with Crippen LogP contribution in [0.5, 0.6) is 0 Å². The molecule has 2 aromatic heterocycles. The first-order valence-electron chi connectivity index (χ1n) is 9.41. The number of thiazole rings is 1. The number of hydrogen-bond donors (Lipinski definition) is 1. The van der Waals surface area contributed by atoms with Crippen molar-refractivity contribution in [2.45, 2.75) is 26.7 Å². The molecule has 0 saturated carbocycles. The van der Waals surface area contributed by atoms with Crippen LogP contribution in [0.4, 0.5) is 5.95 Å². The number of Topliss-reactive ketones (excluding diaryl/α,β-unsaturated/α-hetero) is 1. The first-order valence-corrected chi connectivity index (χ1v) is 10.7. The predicted molar refractivity (Wildman–Crippen MR) is 119 cm³/mol.